The first-order valence-corrected chi connectivity index (χ1v) is 7.11. The number of carboxylic acids is 1. The molecule has 1 amide bonds. The number of carbonyl (C=O) groups is 2. The molecule has 0 aliphatic heterocycles. The molecule has 0 atom stereocenters. The van der Waals surface area contributed by atoms with Crippen molar-refractivity contribution in [3.63, 3.8) is 0 Å². The number of amides is 1. The quantitative estimate of drug-likeness (QED) is 0.739. The van der Waals surface area contributed by atoms with Crippen molar-refractivity contribution in [1.29, 1.82) is 0 Å². The molecule has 4 nitrogen and oxygen atoms in total. The standard InChI is InChI=1S/C13H17NO3S/c1-18-8-4-7-14-12(15)9-10-5-2-3-6-11(10)13(16)17/h2-3,5-6H,4,7-9H2,1H3,(H,14,15)(H,16,17). The predicted molar refractivity (Wildman–Crippen MR) is 73.1 cm³/mol. The minimum absolute atomic E-state index is 0.113. The van der Waals surface area contributed by atoms with E-state index in [0.717, 1.165) is 12.2 Å². The van der Waals surface area contributed by atoms with Gasteiger partial charge in [0.25, 0.3) is 0 Å². The molecule has 0 aromatic heterocycles. The van der Waals surface area contributed by atoms with Crippen molar-refractivity contribution in [2.45, 2.75) is 12.8 Å². The van der Waals surface area contributed by atoms with Crippen molar-refractivity contribution in [3.8, 4) is 0 Å². The lowest BCUT2D eigenvalue weighted by molar-refractivity contribution is -0.120. The van der Waals surface area contributed by atoms with Crippen LogP contribution in [0.4, 0.5) is 0 Å². The molecule has 0 saturated heterocycles. The van der Waals surface area contributed by atoms with E-state index >= 15 is 0 Å². The molecule has 0 spiro atoms. The summed E-state index contributed by atoms with van der Waals surface area (Å²) in [7, 11) is 0. The normalized spacial score (nSPS) is 10.1. The van der Waals surface area contributed by atoms with Gasteiger partial charge >= 0.3 is 5.97 Å². The molecule has 0 unspecified atom stereocenters. The van der Waals surface area contributed by atoms with Crippen LogP contribution >= 0.6 is 11.8 Å². The van der Waals surface area contributed by atoms with E-state index in [1.165, 1.54) is 6.07 Å². The Balaban J connectivity index is 2.51. The Morgan fingerprint density at radius 2 is 2.06 bits per heavy atom. The number of hydrogen-bond donors (Lipinski definition) is 2. The van der Waals surface area contributed by atoms with E-state index in [1.54, 1.807) is 30.0 Å². The zero-order chi connectivity index (χ0) is 13.4. The van der Waals surface area contributed by atoms with Crippen LogP contribution in [0.3, 0.4) is 0 Å². The third-order valence-electron chi connectivity index (χ3n) is 2.45. The summed E-state index contributed by atoms with van der Waals surface area (Å²) in [5.74, 6) is -0.128. The van der Waals surface area contributed by atoms with Gasteiger partial charge in [-0.05, 0) is 30.1 Å². The van der Waals surface area contributed by atoms with E-state index in [0.29, 0.717) is 12.1 Å². The molecule has 5 heteroatoms. The molecule has 1 rings (SSSR count). The summed E-state index contributed by atoms with van der Waals surface area (Å²) in [6.45, 7) is 0.634. The van der Waals surface area contributed by atoms with Crippen molar-refractivity contribution in [2.24, 2.45) is 0 Å². The van der Waals surface area contributed by atoms with Gasteiger partial charge in [-0.3, -0.25) is 4.79 Å². The minimum Gasteiger partial charge on any atom is -0.478 e. The lowest BCUT2D eigenvalue weighted by Gasteiger charge is -2.07. The van der Waals surface area contributed by atoms with Gasteiger partial charge < -0.3 is 10.4 Å². The molecule has 0 fully saturated rings. The van der Waals surface area contributed by atoms with Gasteiger partial charge in [-0.15, -0.1) is 0 Å². The van der Waals surface area contributed by atoms with Gasteiger partial charge in [0.05, 0.1) is 12.0 Å². The molecule has 0 heterocycles. The average Bonchev–Trinajstić information content (AvgIpc) is 2.35. The van der Waals surface area contributed by atoms with Crippen LogP contribution in [0, 0.1) is 0 Å². The largest absolute Gasteiger partial charge is 0.478 e. The maximum absolute atomic E-state index is 11.6. The van der Waals surface area contributed by atoms with Gasteiger partial charge in [0.2, 0.25) is 5.91 Å². The number of thioether (sulfide) groups is 1. The Kier molecular flexibility index (Phi) is 6.28. The van der Waals surface area contributed by atoms with Crippen LogP contribution in [0.5, 0.6) is 0 Å². The Hall–Kier alpha value is -1.49. The summed E-state index contributed by atoms with van der Waals surface area (Å²) in [4.78, 5) is 22.6. The molecular weight excluding hydrogens is 250 g/mol. The summed E-state index contributed by atoms with van der Waals surface area (Å²) in [5, 5.41) is 11.8. The molecule has 0 aliphatic carbocycles. The zero-order valence-electron chi connectivity index (χ0n) is 10.3. The molecule has 98 valence electrons. The van der Waals surface area contributed by atoms with E-state index in [9.17, 15) is 9.59 Å². The van der Waals surface area contributed by atoms with Gasteiger partial charge in [-0.1, -0.05) is 18.2 Å². The van der Waals surface area contributed by atoms with Crippen molar-refractivity contribution < 1.29 is 14.7 Å². The van der Waals surface area contributed by atoms with Crippen LogP contribution in [0.25, 0.3) is 0 Å². The lowest BCUT2D eigenvalue weighted by atomic mass is 10.0. The lowest BCUT2D eigenvalue weighted by Crippen LogP contribution is -2.27. The van der Waals surface area contributed by atoms with Crippen LogP contribution in [-0.4, -0.2) is 35.5 Å². The second-order valence-electron chi connectivity index (χ2n) is 3.84. The van der Waals surface area contributed by atoms with Crippen LogP contribution in [0.15, 0.2) is 24.3 Å². The number of benzene rings is 1. The number of carboxylic acid groups (broad SMARTS) is 1. The summed E-state index contributed by atoms with van der Waals surface area (Å²) < 4.78 is 0. The van der Waals surface area contributed by atoms with Gasteiger partial charge in [-0.2, -0.15) is 11.8 Å². The maximum atomic E-state index is 11.6. The van der Waals surface area contributed by atoms with Gasteiger partial charge in [0.15, 0.2) is 0 Å². The maximum Gasteiger partial charge on any atom is 0.335 e. The highest BCUT2D eigenvalue weighted by atomic mass is 32.2. The molecule has 1 aromatic rings. The Bertz CT molecular complexity index is 420. The fraction of sp³-hybridized carbons (Fsp3) is 0.385. The summed E-state index contributed by atoms with van der Waals surface area (Å²) in [6.07, 6.45) is 3.06. The topological polar surface area (TPSA) is 66.4 Å². The second kappa shape index (κ2) is 7.76. The average molecular weight is 267 g/mol. The third-order valence-corrected chi connectivity index (χ3v) is 3.14. The molecule has 0 saturated carbocycles. The Labute approximate surface area is 111 Å². The van der Waals surface area contributed by atoms with Gasteiger partial charge in [-0.25, -0.2) is 4.79 Å². The molecular formula is C13H17NO3S. The Morgan fingerprint density at radius 1 is 1.33 bits per heavy atom. The number of carbonyl (C=O) groups excluding carboxylic acids is 1. The number of nitrogens with one attached hydrogen (secondary N) is 1. The number of rotatable bonds is 7. The van der Waals surface area contributed by atoms with Crippen LogP contribution in [0.1, 0.15) is 22.3 Å². The first-order chi connectivity index (χ1) is 8.65. The highest BCUT2D eigenvalue weighted by molar-refractivity contribution is 7.98. The third kappa shape index (κ3) is 4.79. The summed E-state index contributed by atoms with van der Waals surface area (Å²) in [6, 6.07) is 6.58. The van der Waals surface area contributed by atoms with Crippen molar-refractivity contribution in [3.05, 3.63) is 35.4 Å². The second-order valence-corrected chi connectivity index (χ2v) is 4.82. The molecule has 0 radical (unpaired) electrons. The van der Waals surface area contributed by atoms with Crippen LogP contribution in [0.2, 0.25) is 0 Å². The smallest absolute Gasteiger partial charge is 0.335 e. The predicted octanol–water partition coefficient (Wildman–Crippen LogP) is 1.80. The molecule has 18 heavy (non-hydrogen) atoms. The zero-order valence-corrected chi connectivity index (χ0v) is 11.1. The van der Waals surface area contributed by atoms with Gasteiger partial charge in [0, 0.05) is 6.54 Å². The van der Waals surface area contributed by atoms with E-state index in [1.807, 2.05) is 6.26 Å². The first-order valence-electron chi connectivity index (χ1n) is 5.72. The van der Waals surface area contributed by atoms with Crippen molar-refractivity contribution in [1.82, 2.24) is 5.32 Å². The SMILES string of the molecule is CSCCCNC(=O)Cc1ccccc1C(=O)O. The van der Waals surface area contributed by atoms with E-state index in [-0.39, 0.29) is 17.9 Å². The fourth-order valence-electron chi connectivity index (χ4n) is 1.56. The summed E-state index contributed by atoms with van der Waals surface area (Å²) in [5.41, 5.74) is 0.740. The minimum atomic E-state index is -0.999. The molecule has 0 bridgehead atoms. The molecule has 1 aromatic carbocycles. The summed E-state index contributed by atoms with van der Waals surface area (Å²) >= 11 is 1.73. The van der Waals surface area contributed by atoms with Crippen molar-refractivity contribution in [2.75, 3.05) is 18.6 Å². The van der Waals surface area contributed by atoms with Gasteiger partial charge in [0.1, 0.15) is 0 Å². The van der Waals surface area contributed by atoms with Crippen molar-refractivity contribution >= 4 is 23.6 Å². The number of hydrogen-bond acceptors (Lipinski definition) is 3. The first kappa shape index (κ1) is 14.6. The van der Waals surface area contributed by atoms with E-state index < -0.39 is 5.97 Å². The fourth-order valence-corrected chi connectivity index (χ4v) is 2.00. The number of aromatic carboxylic acids is 1. The molecule has 0 aliphatic rings. The highest BCUT2D eigenvalue weighted by Gasteiger charge is 2.11. The van der Waals surface area contributed by atoms with E-state index in [2.05, 4.69) is 5.32 Å². The van der Waals surface area contributed by atoms with Crippen LogP contribution in [-0.2, 0) is 11.2 Å². The molecule has 2 N–H and O–H groups in total. The monoisotopic (exact) mass is 267 g/mol. The van der Waals surface area contributed by atoms with E-state index in [4.69, 9.17) is 5.11 Å². The Morgan fingerprint density at radius 3 is 2.72 bits per heavy atom. The van der Waals surface area contributed by atoms with Crippen LogP contribution < -0.4 is 5.32 Å². The highest BCUT2D eigenvalue weighted by Crippen LogP contribution is 2.09.